The van der Waals surface area contributed by atoms with Gasteiger partial charge in [-0.15, -0.1) is 0 Å². The molecule has 1 fully saturated rings. The number of halogens is 1. The van der Waals surface area contributed by atoms with Crippen molar-refractivity contribution in [3.63, 3.8) is 0 Å². The molecule has 0 aliphatic carbocycles. The Bertz CT molecular complexity index is 414. The predicted molar refractivity (Wildman–Crippen MR) is 71.9 cm³/mol. The third kappa shape index (κ3) is 4.21. The molecular formula is C14H19FN2O2. The normalized spacial score (nSPS) is 16.6. The van der Waals surface area contributed by atoms with Gasteiger partial charge in [0.15, 0.2) is 0 Å². The maximum Gasteiger partial charge on any atom is 0.304 e. The summed E-state index contributed by atoms with van der Waals surface area (Å²) in [5, 5.41) is 11.8. The zero-order valence-electron chi connectivity index (χ0n) is 10.8. The maximum atomic E-state index is 12.8. The second kappa shape index (κ2) is 6.52. The molecule has 0 spiro atoms. The lowest BCUT2D eigenvalue weighted by Crippen LogP contribution is -2.43. The standard InChI is InChI=1S/C14H19FN2O2/c15-11-1-3-13(4-2-11)17-9-6-12(7-10-17)16-8-5-14(18)19/h1-4,12,16H,5-10H2,(H,18,19). The summed E-state index contributed by atoms with van der Waals surface area (Å²) < 4.78 is 12.8. The van der Waals surface area contributed by atoms with Crippen LogP contribution in [0.1, 0.15) is 19.3 Å². The van der Waals surface area contributed by atoms with Gasteiger partial charge in [0.25, 0.3) is 0 Å². The van der Waals surface area contributed by atoms with E-state index in [1.165, 1.54) is 12.1 Å². The molecule has 4 nitrogen and oxygen atoms in total. The molecule has 1 aliphatic rings. The molecule has 1 aliphatic heterocycles. The van der Waals surface area contributed by atoms with Gasteiger partial charge in [0, 0.05) is 31.4 Å². The van der Waals surface area contributed by atoms with E-state index in [4.69, 9.17) is 5.11 Å². The van der Waals surface area contributed by atoms with Crippen LogP contribution in [-0.4, -0.2) is 36.8 Å². The van der Waals surface area contributed by atoms with Crippen molar-refractivity contribution in [2.45, 2.75) is 25.3 Å². The lowest BCUT2D eigenvalue weighted by Gasteiger charge is -2.34. The van der Waals surface area contributed by atoms with Crippen molar-refractivity contribution >= 4 is 11.7 Å². The van der Waals surface area contributed by atoms with E-state index in [0.29, 0.717) is 12.6 Å². The largest absolute Gasteiger partial charge is 0.481 e. The number of benzene rings is 1. The van der Waals surface area contributed by atoms with Crippen LogP contribution in [0.2, 0.25) is 0 Å². The molecule has 0 saturated carbocycles. The highest BCUT2D eigenvalue weighted by Crippen LogP contribution is 2.20. The summed E-state index contributed by atoms with van der Waals surface area (Å²) >= 11 is 0. The molecule has 0 unspecified atom stereocenters. The van der Waals surface area contributed by atoms with Crippen molar-refractivity contribution in [2.75, 3.05) is 24.5 Å². The number of carboxylic acid groups (broad SMARTS) is 1. The number of aliphatic carboxylic acids is 1. The van der Waals surface area contributed by atoms with Crippen molar-refractivity contribution in [3.05, 3.63) is 30.1 Å². The van der Waals surface area contributed by atoms with Gasteiger partial charge in [0.1, 0.15) is 5.82 Å². The van der Waals surface area contributed by atoms with E-state index >= 15 is 0 Å². The van der Waals surface area contributed by atoms with Gasteiger partial charge in [-0.1, -0.05) is 0 Å². The zero-order chi connectivity index (χ0) is 13.7. The van der Waals surface area contributed by atoms with Crippen LogP contribution in [0.25, 0.3) is 0 Å². The Morgan fingerprint density at radius 1 is 1.32 bits per heavy atom. The van der Waals surface area contributed by atoms with E-state index in [1.54, 1.807) is 12.1 Å². The van der Waals surface area contributed by atoms with Crippen molar-refractivity contribution < 1.29 is 14.3 Å². The van der Waals surface area contributed by atoms with Gasteiger partial charge in [-0.05, 0) is 37.1 Å². The first-order valence-electron chi connectivity index (χ1n) is 6.61. The number of hydrogen-bond donors (Lipinski definition) is 2. The lowest BCUT2D eigenvalue weighted by molar-refractivity contribution is -0.136. The fourth-order valence-corrected chi connectivity index (χ4v) is 2.38. The highest BCUT2D eigenvalue weighted by molar-refractivity contribution is 5.66. The van der Waals surface area contributed by atoms with Gasteiger partial charge < -0.3 is 15.3 Å². The first kappa shape index (κ1) is 13.8. The Labute approximate surface area is 112 Å². The van der Waals surface area contributed by atoms with Crippen molar-refractivity contribution in [1.29, 1.82) is 0 Å². The molecule has 1 heterocycles. The van der Waals surface area contributed by atoms with E-state index in [2.05, 4.69) is 10.2 Å². The van der Waals surface area contributed by atoms with Crippen molar-refractivity contribution in [3.8, 4) is 0 Å². The number of nitrogens with one attached hydrogen (secondary N) is 1. The summed E-state index contributed by atoms with van der Waals surface area (Å²) in [4.78, 5) is 12.7. The van der Waals surface area contributed by atoms with Gasteiger partial charge in [-0.3, -0.25) is 4.79 Å². The minimum Gasteiger partial charge on any atom is -0.481 e. The molecule has 0 atom stereocenters. The van der Waals surface area contributed by atoms with Crippen LogP contribution in [0.3, 0.4) is 0 Å². The molecule has 104 valence electrons. The molecule has 0 amide bonds. The van der Waals surface area contributed by atoms with Crippen LogP contribution < -0.4 is 10.2 Å². The van der Waals surface area contributed by atoms with Gasteiger partial charge >= 0.3 is 5.97 Å². The van der Waals surface area contributed by atoms with Crippen LogP contribution in [0, 0.1) is 5.82 Å². The molecule has 5 heteroatoms. The molecule has 0 bridgehead atoms. The summed E-state index contributed by atoms with van der Waals surface area (Å²) in [5.74, 6) is -0.981. The average Bonchev–Trinajstić information content (AvgIpc) is 2.40. The molecule has 19 heavy (non-hydrogen) atoms. The number of carboxylic acids is 1. The maximum absolute atomic E-state index is 12.8. The topological polar surface area (TPSA) is 52.6 Å². The fraction of sp³-hybridized carbons (Fsp3) is 0.500. The van der Waals surface area contributed by atoms with Crippen LogP contribution in [0.4, 0.5) is 10.1 Å². The van der Waals surface area contributed by atoms with E-state index < -0.39 is 5.97 Å². The van der Waals surface area contributed by atoms with Crippen molar-refractivity contribution in [2.24, 2.45) is 0 Å². The van der Waals surface area contributed by atoms with E-state index in [9.17, 15) is 9.18 Å². The number of rotatable bonds is 5. The summed E-state index contributed by atoms with van der Waals surface area (Å²) in [6.45, 7) is 2.35. The monoisotopic (exact) mass is 266 g/mol. The minimum absolute atomic E-state index is 0.165. The predicted octanol–water partition coefficient (Wildman–Crippen LogP) is 1.86. The Hall–Kier alpha value is -1.62. The number of carbonyl (C=O) groups is 1. The van der Waals surface area contributed by atoms with E-state index in [-0.39, 0.29) is 12.2 Å². The smallest absolute Gasteiger partial charge is 0.304 e. The summed E-state index contributed by atoms with van der Waals surface area (Å²) in [6, 6.07) is 6.94. The summed E-state index contributed by atoms with van der Waals surface area (Å²) in [6.07, 6.45) is 2.13. The van der Waals surface area contributed by atoms with E-state index in [1.807, 2.05) is 0 Å². The molecule has 1 aromatic carbocycles. The van der Waals surface area contributed by atoms with Crippen LogP contribution in [0.5, 0.6) is 0 Å². The Morgan fingerprint density at radius 3 is 2.53 bits per heavy atom. The van der Waals surface area contributed by atoms with Crippen molar-refractivity contribution in [1.82, 2.24) is 5.32 Å². The quantitative estimate of drug-likeness (QED) is 0.854. The second-order valence-electron chi connectivity index (χ2n) is 4.84. The SMILES string of the molecule is O=C(O)CCNC1CCN(c2ccc(F)cc2)CC1. The van der Waals surface area contributed by atoms with Crippen LogP contribution in [-0.2, 0) is 4.79 Å². The van der Waals surface area contributed by atoms with E-state index in [0.717, 1.165) is 31.6 Å². The molecule has 1 saturated heterocycles. The third-order valence-corrected chi connectivity index (χ3v) is 3.46. The van der Waals surface area contributed by atoms with Gasteiger partial charge in [0.05, 0.1) is 6.42 Å². The highest BCUT2D eigenvalue weighted by atomic mass is 19.1. The van der Waals surface area contributed by atoms with Gasteiger partial charge in [0.2, 0.25) is 0 Å². The highest BCUT2D eigenvalue weighted by Gasteiger charge is 2.18. The number of piperidine rings is 1. The number of anilines is 1. The molecule has 0 radical (unpaired) electrons. The zero-order valence-corrected chi connectivity index (χ0v) is 10.8. The van der Waals surface area contributed by atoms with Crippen LogP contribution >= 0.6 is 0 Å². The third-order valence-electron chi connectivity index (χ3n) is 3.46. The van der Waals surface area contributed by atoms with Crippen LogP contribution in [0.15, 0.2) is 24.3 Å². The Kier molecular flexibility index (Phi) is 4.74. The minimum atomic E-state index is -0.767. The Morgan fingerprint density at radius 2 is 1.95 bits per heavy atom. The number of nitrogens with zero attached hydrogens (tertiary/aromatic N) is 1. The lowest BCUT2D eigenvalue weighted by atomic mass is 10.0. The molecular weight excluding hydrogens is 247 g/mol. The average molecular weight is 266 g/mol. The molecule has 2 rings (SSSR count). The first-order valence-corrected chi connectivity index (χ1v) is 6.61. The second-order valence-corrected chi connectivity index (χ2v) is 4.84. The van der Waals surface area contributed by atoms with Gasteiger partial charge in [-0.2, -0.15) is 0 Å². The summed E-state index contributed by atoms with van der Waals surface area (Å²) in [7, 11) is 0. The molecule has 2 N–H and O–H groups in total. The van der Waals surface area contributed by atoms with Gasteiger partial charge in [-0.25, -0.2) is 4.39 Å². The Balaban J connectivity index is 1.76. The number of hydrogen-bond acceptors (Lipinski definition) is 3. The molecule has 0 aromatic heterocycles. The molecule has 1 aromatic rings. The summed E-state index contributed by atoms with van der Waals surface area (Å²) in [5.41, 5.74) is 1.05. The fourth-order valence-electron chi connectivity index (χ4n) is 2.38. The first-order chi connectivity index (χ1) is 9.15.